The molecule has 5 nitrogen and oxygen atoms in total. The molecule has 1 aromatic heterocycles. The number of rotatable bonds is 3. The van der Waals surface area contributed by atoms with Crippen LogP contribution in [0.4, 0.5) is 5.82 Å². The molecule has 0 radical (unpaired) electrons. The number of hydrogen-bond acceptors (Lipinski definition) is 4. The van der Waals surface area contributed by atoms with Crippen molar-refractivity contribution in [2.24, 2.45) is 0 Å². The molecule has 0 spiro atoms. The molecule has 0 bridgehead atoms. The Labute approximate surface area is 81.2 Å². The van der Waals surface area contributed by atoms with E-state index in [4.69, 9.17) is 5.11 Å². The minimum absolute atomic E-state index is 0.0263. The maximum atomic E-state index is 10.8. The molecular formula is C9H11N3O2. The molecular weight excluding hydrogens is 182 g/mol. The maximum absolute atomic E-state index is 10.8. The van der Waals surface area contributed by atoms with E-state index in [1.807, 2.05) is 6.92 Å². The Morgan fingerprint density at radius 2 is 2.36 bits per heavy atom. The zero-order chi connectivity index (χ0) is 10.2. The molecule has 1 fully saturated rings. The van der Waals surface area contributed by atoms with E-state index in [0.29, 0.717) is 5.82 Å². The van der Waals surface area contributed by atoms with Gasteiger partial charge in [0.15, 0.2) is 0 Å². The number of carbonyl (C=O) groups is 1. The molecule has 0 aromatic carbocycles. The van der Waals surface area contributed by atoms with Gasteiger partial charge in [0.2, 0.25) is 0 Å². The van der Waals surface area contributed by atoms with Gasteiger partial charge >= 0.3 is 5.97 Å². The van der Waals surface area contributed by atoms with Crippen molar-refractivity contribution in [2.45, 2.75) is 25.3 Å². The summed E-state index contributed by atoms with van der Waals surface area (Å²) in [5.41, 5.74) is 0.152. The predicted octanol–water partition coefficient (Wildman–Crippen LogP) is 1.14. The quantitative estimate of drug-likeness (QED) is 0.752. The standard InChI is InChI=1S/C9H11N3O2/c1-9(2-3-9)12-7-6(8(13)14)4-10-5-11-7/h4-5H,2-3H2,1H3,(H,13,14)(H,10,11,12). The summed E-state index contributed by atoms with van der Waals surface area (Å²) < 4.78 is 0. The molecule has 5 heteroatoms. The lowest BCUT2D eigenvalue weighted by Crippen LogP contribution is -2.19. The van der Waals surface area contributed by atoms with Crippen LogP contribution in [0.25, 0.3) is 0 Å². The molecule has 0 unspecified atom stereocenters. The Morgan fingerprint density at radius 3 is 2.93 bits per heavy atom. The van der Waals surface area contributed by atoms with Gasteiger partial charge in [0.05, 0.1) is 0 Å². The van der Waals surface area contributed by atoms with Crippen molar-refractivity contribution < 1.29 is 9.90 Å². The van der Waals surface area contributed by atoms with E-state index >= 15 is 0 Å². The van der Waals surface area contributed by atoms with Gasteiger partial charge in [0, 0.05) is 11.7 Å². The lowest BCUT2D eigenvalue weighted by Gasteiger charge is -2.13. The third kappa shape index (κ3) is 1.66. The van der Waals surface area contributed by atoms with Gasteiger partial charge in [0.25, 0.3) is 0 Å². The van der Waals surface area contributed by atoms with Crippen molar-refractivity contribution in [3.05, 3.63) is 18.1 Å². The van der Waals surface area contributed by atoms with Crippen LogP contribution in [0.15, 0.2) is 12.5 Å². The van der Waals surface area contributed by atoms with Crippen LogP contribution in [0, 0.1) is 0 Å². The van der Waals surface area contributed by atoms with Crippen molar-refractivity contribution in [3.8, 4) is 0 Å². The van der Waals surface area contributed by atoms with E-state index in [9.17, 15) is 4.79 Å². The minimum atomic E-state index is -1.00. The molecule has 0 atom stereocenters. The van der Waals surface area contributed by atoms with Gasteiger partial charge in [-0.05, 0) is 19.8 Å². The van der Waals surface area contributed by atoms with Crippen LogP contribution in [0.1, 0.15) is 30.1 Å². The van der Waals surface area contributed by atoms with Crippen LogP contribution in [-0.2, 0) is 0 Å². The maximum Gasteiger partial charge on any atom is 0.341 e. The monoisotopic (exact) mass is 193 g/mol. The SMILES string of the molecule is CC1(Nc2ncncc2C(=O)O)CC1. The van der Waals surface area contributed by atoms with E-state index in [1.165, 1.54) is 12.5 Å². The molecule has 74 valence electrons. The first kappa shape index (κ1) is 8.93. The smallest absolute Gasteiger partial charge is 0.341 e. The number of aromatic carboxylic acids is 1. The normalized spacial score (nSPS) is 17.5. The molecule has 0 amide bonds. The van der Waals surface area contributed by atoms with Crippen LogP contribution in [-0.4, -0.2) is 26.6 Å². The Kier molecular flexibility index (Phi) is 1.87. The van der Waals surface area contributed by atoms with Gasteiger partial charge < -0.3 is 10.4 Å². The number of anilines is 1. The summed E-state index contributed by atoms with van der Waals surface area (Å²) in [6.45, 7) is 2.04. The Bertz CT molecular complexity index is 374. The average molecular weight is 193 g/mol. The van der Waals surface area contributed by atoms with Gasteiger partial charge in [-0.2, -0.15) is 0 Å². The van der Waals surface area contributed by atoms with Crippen LogP contribution < -0.4 is 5.32 Å². The van der Waals surface area contributed by atoms with E-state index in [2.05, 4.69) is 15.3 Å². The van der Waals surface area contributed by atoms with Crippen LogP contribution in [0.3, 0.4) is 0 Å². The zero-order valence-corrected chi connectivity index (χ0v) is 7.82. The summed E-state index contributed by atoms with van der Waals surface area (Å²) in [6.07, 6.45) is 4.76. The summed E-state index contributed by atoms with van der Waals surface area (Å²) in [7, 11) is 0. The van der Waals surface area contributed by atoms with Crippen LogP contribution in [0.2, 0.25) is 0 Å². The van der Waals surface area contributed by atoms with Crippen molar-refractivity contribution in [3.63, 3.8) is 0 Å². The Balaban J connectivity index is 2.27. The molecule has 14 heavy (non-hydrogen) atoms. The fraction of sp³-hybridized carbons (Fsp3) is 0.444. The van der Waals surface area contributed by atoms with Gasteiger partial charge in [-0.1, -0.05) is 0 Å². The molecule has 0 saturated heterocycles. The molecule has 1 heterocycles. The predicted molar refractivity (Wildman–Crippen MR) is 50.3 cm³/mol. The molecule has 1 aromatic rings. The highest BCUT2D eigenvalue weighted by molar-refractivity contribution is 5.92. The lowest BCUT2D eigenvalue weighted by atomic mass is 10.2. The number of carboxylic acid groups (broad SMARTS) is 1. The highest BCUT2D eigenvalue weighted by Crippen LogP contribution is 2.38. The molecule has 1 aliphatic rings. The van der Waals surface area contributed by atoms with Crippen LogP contribution in [0.5, 0.6) is 0 Å². The van der Waals surface area contributed by atoms with E-state index in [1.54, 1.807) is 0 Å². The highest BCUT2D eigenvalue weighted by Gasteiger charge is 2.38. The summed E-state index contributed by atoms with van der Waals surface area (Å²) >= 11 is 0. The van der Waals surface area contributed by atoms with E-state index in [-0.39, 0.29) is 11.1 Å². The second-order valence-corrected chi connectivity index (χ2v) is 3.78. The fourth-order valence-corrected chi connectivity index (χ4v) is 1.18. The average Bonchev–Trinajstić information content (AvgIpc) is 2.84. The number of nitrogens with one attached hydrogen (secondary N) is 1. The number of hydrogen-bond donors (Lipinski definition) is 2. The lowest BCUT2D eigenvalue weighted by molar-refractivity contribution is 0.0697. The Hall–Kier alpha value is -1.65. The number of nitrogens with zero attached hydrogens (tertiary/aromatic N) is 2. The van der Waals surface area contributed by atoms with Gasteiger partial charge in [-0.15, -0.1) is 0 Å². The van der Waals surface area contributed by atoms with Gasteiger partial charge in [-0.25, -0.2) is 14.8 Å². The Morgan fingerprint density at radius 1 is 1.64 bits per heavy atom. The summed E-state index contributed by atoms with van der Waals surface area (Å²) in [6, 6.07) is 0. The first-order valence-corrected chi connectivity index (χ1v) is 4.42. The second-order valence-electron chi connectivity index (χ2n) is 3.78. The summed E-state index contributed by atoms with van der Waals surface area (Å²) in [5.74, 6) is -0.593. The van der Waals surface area contributed by atoms with Crippen LogP contribution >= 0.6 is 0 Å². The molecule has 0 aliphatic heterocycles. The number of aromatic nitrogens is 2. The van der Waals surface area contributed by atoms with Crippen molar-refractivity contribution in [2.75, 3.05) is 5.32 Å². The van der Waals surface area contributed by atoms with Gasteiger partial charge in [0.1, 0.15) is 17.7 Å². The van der Waals surface area contributed by atoms with Gasteiger partial charge in [-0.3, -0.25) is 0 Å². The third-order valence-corrected chi connectivity index (χ3v) is 2.36. The van der Waals surface area contributed by atoms with Crippen molar-refractivity contribution >= 4 is 11.8 Å². The zero-order valence-electron chi connectivity index (χ0n) is 7.82. The molecule has 2 N–H and O–H groups in total. The molecule has 1 aliphatic carbocycles. The topological polar surface area (TPSA) is 75.1 Å². The first-order valence-electron chi connectivity index (χ1n) is 4.42. The summed E-state index contributed by atoms with van der Waals surface area (Å²) in [4.78, 5) is 18.4. The fourth-order valence-electron chi connectivity index (χ4n) is 1.18. The van der Waals surface area contributed by atoms with E-state index < -0.39 is 5.97 Å². The largest absolute Gasteiger partial charge is 0.477 e. The van der Waals surface area contributed by atoms with E-state index in [0.717, 1.165) is 12.8 Å². The van der Waals surface area contributed by atoms with Crippen molar-refractivity contribution in [1.29, 1.82) is 0 Å². The minimum Gasteiger partial charge on any atom is -0.477 e. The third-order valence-electron chi connectivity index (χ3n) is 2.36. The molecule has 1 saturated carbocycles. The number of carboxylic acids is 1. The van der Waals surface area contributed by atoms with Crippen molar-refractivity contribution in [1.82, 2.24) is 9.97 Å². The first-order chi connectivity index (χ1) is 6.61. The molecule has 2 rings (SSSR count). The highest BCUT2D eigenvalue weighted by atomic mass is 16.4. The second kappa shape index (κ2) is 2.94. The summed E-state index contributed by atoms with van der Waals surface area (Å²) in [5, 5.41) is 12.0.